The standard InChI is InChI=1S/C51H94N2O12/c1-4-6-8-10-12-19-26-36-63-49(54)28-22-16-14-18-24-34-60-46-48(62-35-25-21-15-17-23-29-50(55)64-37-27-20-13-11-9-7-5-2)47-61-43-42-58-39-38-57-40-41-59-44-45-65-51(56)53-32-30-52(3)31-33-53/h19-20,26-27,48H,4-18,21-25,28-47H2,1-3H3/b26-19-,27-20-. The van der Waals surface area contributed by atoms with Crippen LogP contribution in [-0.4, -0.2) is 160 Å². The van der Waals surface area contributed by atoms with E-state index in [9.17, 15) is 14.4 Å². The second kappa shape index (κ2) is 47.9. The average Bonchev–Trinajstić information content (AvgIpc) is 3.30. The Morgan fingerprint density at radius 1 is 0.446 bits per heavy atom. The zero-order chi connectivity index (χ0) is 46.9. The maximum Gasteiger partial charge on any atom is 0.409 e. The molecule has 1 saturated heterocycles. The second-order valence-corrected chi connectivity index (χ2v) is 16.9. The van der Waals surface area contributed by atoms with Gasteiger partial charge in [-0.3, -0.25) is 9.59 Å². The van der Waals surface area contributed by atoms with E-state index < -0.39 is 0 Å². The Hall–Kier alpha value is -2.59. The van der Waals surface area contributed by atoms with Gasteiger partial charge in [-0.05, 0) is 58.4 Å². The molecule has 0 aromatic carbocycles. The maximum atomic E-state index is 12.1. The molecule has 14 heteroatoms. The Balaban J connectivity index is 2.17. The minimum Gasteiger partial charge on any atom is -0.461 e. The van der Waals surface area contributed by atoms with Crippen LogP contribution in [0.5, 0.6) is 0 Å². The molecule has 1 aliphatic rings. The number of nitrogens with zero attached hydrogens (tertiary/aromatic N) is 2. The summed E-state index contributed by atoms with van der Waals surface area (Å²) in [5, 5.41) is 0. The molecule has 380 valence electrons. The summed E-state index contributed by atoms with van der Waals surface area (Å²) in [7, 11) is 2.05. The molecule has 14 nitrogen and oxygen atoms in total. The Morgan fingerprint density at radius 3 is 1.40 bits per heavy atom. The fraction of sp³-hybridized carbons (Fsp3) is 0.863. The summed E-state index contributed by atoms with van der Waals surface area (Å²) in [5.41, 5.74) is 0. The molecule has 0 saturated carbocycles. The first kappa shape index (κ1) is 60.4. The van der Waals surface area contributed by atoms with Gasteiger partial charge in [0.05, 0.1) is 59.5 Å². The number of piperazine rings is 1. The lowest BCUT2D eigenvalue weighted by Gasteiger charge is -2.31. The minimum atomic E-state index is -0.281. The molecule has 0 aliphatic carbocycles. The van der Waals surface area contributed by atoms with Gasteiger partial charge in [-0.2, -0.15) is 0 Å². The van der Waals surface area contributed by atoms with Crippen molar-refractivity contribution in [3.63, 3.8) is 0 Å². The van der Waals surface area contributed by atoms with Gasteiger partial charge in [0.25, 0.3) is 0 Å². The molecule has 0 radical (unpaired) electrons. The fourth-order valence-corrected chi connectivity index (χ4v) is 6.83. The van der Waals surface area contributed by atoms with Crippen molar-refractivity contribution in [3.05, 3.63) is 24.3 Å². The van der Waals surface area contributed by atoms with Gasteiger partial charge < -0.3 is 52.4 Å². The lowest BCUT2D eigenvalue weighted by Crippen LogP contribution is -2.47. The van der Waals surface area contributed by atoms with E-state index in [2.05, 4.69) is 30.9 Å². The van der Waals surface area contributed by atoms with Gasteiger partial charge in [-0.25, -0.2) is 4.79 Å². The van der Waals surface area contributed by atoms with E-state index in [0.29, 0.717) is 112 Å². The molecule has 0 aromatic rings. The molecule has 0 aromatic heterocycles. The molecule has 1 amide bonds. The van der Waals surface area contributed by atoms with Crippen molar-refractivity contribution >= 4 is 18.0 Å². The minimum absolute atomic E-state index is 0.116. The summed E-state index contributed by atoms with van der Waals surface area (Å²) < 4.78 is 50.8. The van der Waals surface area contributed by atoms with Crippen LogP contribution in [0, 0.1) is 0 Å². The summed E-state index contributed by atoms with van der Waals surface area (Å²) in [5.74, 6) is -0.235. The van der Waals surface area contributed by atoms with E-state index in [0.717, 1.165) is 90.1 Å². The van der Waals surface area contributed by atoms with Crippen molar-refractivity contribution in [2.75, 3.05) is 126 Å². The molecular weight excluding hydrogens is 833 g/mol. The van der Waals surface area contributed by atoms with Crippen LogP contribution in [0.3, 0.4) is 0 Å². The molecule has 1 fully saturated rings. The number of hydrogen-bond acceptors (Lipinski definition) is 13. The van der Waals surface area contributed by atoms with Gasteiger partial charge in [0, 0.05) is 52.2 Å². The molecule has 0 spiro atoms. The topological polar surface area (TPSA) is 141 Å². The van der Waals surface area contributed by atoms with E-state index in [1.54, 1.807) is 4.90 Å². The zero-order valence-corrected chi connectivity index (χ0v) is 41.5. The number of rotatable bonds is 47. The zero-order valence-electron chi connectivity index (χ0n) is 41.5. The van der Waals surface area contributed by atoms with Crippen LogP contribution in [-0.2, 0) is 52.2 Å². The predicted molar refractivity (Wildman–Crippen MR) is 257 cm³/mol. The van der Waals surface area contributed by atoms with E-state index in [4.69, 9.17) is 42.6 Å². The van der Waals surface area contributed by atoms with Crippen molar-refractivity contribution in [1.82, 2.24) is 9.80 Å². The van der Waals surface area contributed by atoms with Gasteiger partial charge in [0.1, 0.15) is 25.9 Å². The van der Waals surface area contributed by atoms with E-state index in [1.807, 2.05) is 19.2 Å². The monoisotopic (exact) mass is 927 g/mol. The molecule has 1 heterocycles. The fourth-order valence-electron chi connectivity index (χ4n) is 6.83. The highest BCUT2D eigenvalue weighted by atomic mass is 16.6. The Bertz CT molecular complexity index is 1130. The van der Waals surface area contributed by atoms with Crippen molar-refractivity contribution in [2.45, 2.75) is 161 Å². The smallest absolute Gasteiger partial charge is 0.409 e. The Labute approximate surface area is 395 Å². The van der Waals surface area contributed by atoms with Crippen molar-refractivity contribution in [3.8, 4) is 0 Å². The first-order chi connectivity index (χ1) is 32.0. The van der Waals surface area contributed by atoms with Crippen LogP contribution in [0.4, 0.5) is 4.79 Å². The number of amides is 1. The summed E-state index contributed by atoms with van der Waals surface area (Å²) in [6, 6.07) is 0. The van der Waals surface area contributed by atoms with E-state index >= 15 is 0 Å². The normalized spacial score (nSPS) is 13.9. The third kappa shape index (κ3) is 42.5. The van der Waals surface area contributed by atoms with Gasteiger partial charge in [-0.15, -0.1) is 0 Å². The highest BCUT2D eigenvalue weighted by Crippen LogP contribution is 2.10. The highest BCUT2D eigenvalue weighted by Gasteiger charge is 2.20. The summed E-state index contributed by atoms with van der Waals surface area (Å²) in [4.78, 5) is 40.1. The van der Waals surface area contributed by atoms with Gasteiger partial charge in [0.15, 0.2) is 0 Å². The number of hydrogen-bond donors (Lipinski definition) is 0. The molecule has 1 unspecified atom stereocenters. The average molecular weight is 927 g/mol. The highest BCUT2D eigenvalue weighted by molar-refractivity contribution is 5.69. The van der Waals surface area contributed by atoms with Gasteiger partial charge in [-0.1, -0.05) is 115 Å². The Morgan fingerprint density at radius 2 is 0.877 bits per heavy atom. The van der Waals surface area contributed by atoms with Gasteiger partial charge in [0.2, 0.25) is 0 Å². The SMILES string of the molecule is CCCCCC/C=C\COC(=O)CCCCCCCOCC(COCCOCCOCCOCCOC(=O)N1CCN(C)CC1)OCCCCCCCC(=O)OC/C=C\CCCCCC. The van der Waals surface area contributed by atoms with Crippen LogP contribution in [0.1, 0.15) is 155 Å². The number of ether oxygens (including phenoxy) is 9. The summed E-state index contributed by atoms with van der Waals surface area (Å²) in [6.45, 7) is 13.6. The first-order valence-corrected chi connectivity index (χ1v) is 25.7. The van der Waals surface area contributed by atoms with Gasteiger partial charge >= 0.3 is 18.0 Å². The van der Waals surface area contributed by atoms with Crippen LogP contribution >= 0.6 is 0 Å². The van der Waals surface area contributed by atoms with Crippen LogP contribution in [0.2, 0.25) is 0 Å². The quantitative estimate of drug-likeness (QED) is 0.0248. The predicted octanol–water partition coefficient (Wildman–Crippen LogP) is 9.66. The molecule has 1 rings (SSSR count). The first-order valence-electron chi connectivity index (χ1n) is 25.7. The van der Waals surface area contributed by atoms with Crippen LogP contribution in [0.15, 0.2) is 24.3 Å². The number of esters is 2. The van der Waals surface area contributed by atoms with Crippen molar-refractivity contribution < 1.29 is 57.0 Å². The molecule has 0 bridgehead atoms. The van der Waals surface area contributed by atoms with Crippen LogP contribution < -0.4 is 0 Å². The lowest BCUT2D eigenvalue weighted by atomic mass is 10.1. The molecule has 65 heavy (non-hydrogen) atoms. The number of carbonyl (C=O) groups is 3. The molecular formula is C51H94N2O12. The summed E-state index contributed by atoms with van der Waals surface area (Å²) in [6.07, 6.45) is 30.5. The summed E-state index contributed by atoms with van der Waals surface area (Å²) >= 11 is 0. The molecule has 1 aliphatic heterocycles. The van der Waals surface area contributed by atoms with Crippen molar-refractivity contribution in [2.24, 2.45) is 0 Å². The largest absolute Gasteiger partial charge is 0.461 e. The van der Waals surface area contributed by atoms with E-state index in [1.165, 1.54) is 51.4 Å². The van der Waals surface area contributed by atoms with E-state index in [-0.39, 0.29) is 30.7 Å². The number of allylic oxidation sites excluding steroid dienone is 2. The lowest BCUT2D eigenvalue weighted by molar-refractivity contribution is -0.143. The number of likely N-dealkylation sites (N-methyl/N-ethyl adjacent to an activating group) is 1. The number of carbonyl (C=O) groups excluding carboxylic acids is 3. The third-order valence-corrected chi connectivity index (χ3v) is 10.9. The Kier molecular flexibility index (Phi) is 44.5. The van der Waals surface area contributed by atoms with Crippen LogP contribution in [0.25, 0.3) is 0 Å². The third-order valence-electron chi connectivity index (χ3n) is 10.9. The van der Waals surface area contributed by atoms with Crippen molar-refractivity contribution in [1.29, 1.82) is 0 Å². The second-order valence-electron chi connectivity index (χ2n) is 16.9. The maximum absolute atomic E-state index is 12.1. The molecule has 0 N–H and O–H groups in total. The molecule has 1 atom stereocenters. The number of unbranched alkanes of at least 4 members (excludes halogenated alkanes) is 16.